The Balaban J connectivity index is 2.05. The zero-order valence-corrected chi connectivity index (χ0v) is 12.7. The van der Waals surface area contributed by atoms with Crippen molar-refractivity contribution in [2.24, 2.45) is 5.41 Å². The lowest BCUT2D eigenvalue weighted by atomic mass is 9.87. The van der Waals surface area contributed by atoms with Crippen molar-refractivity contribution in [2.45, 2.75) is 65.1 Å². The molecular formula is C17H26O2. The average molecular weight is 262 g/mol. The zero-order valence-electron chi connectivity index (χ0n) is 12.7. The van der Waals surface area contributed by atoms with Gasteiger partial charge in [0.05, 0.1) is 6.10 Å². The second-order valence-electron chi connectivity index (χ2n) is 7.40. The fraction of sp³-hybridized carbons (Fsp3) is 0.647. The number of aliphatic hydroxyl groups excluding tert-OH is 1. The molecule has 0 spiro atoms. The van der Waals surface area contributed by atoms with E-state index in [0.29, 0.717) is 0 Å². The molecule has 2 rings (SSSR count). The predicted octanol–water partition coefficient (Wildman–Crippen LogP) is 3.91. The highest BCUT2D eigenvalue weighted by molar-refractivity contribution is 5.31. The van der Waals surface area contributed by atoms with Gasteiger partial charge in [-0.25, -0.2) is 0 Å². The Bertz CT molecular complexity index is 426. The van der Waals surface area contributed by atoms with Crippen LogP contribution in [-0.4, -0.2) is 17.3 Å². The van der Waals surface area contributed by atoms with Crippen LogP contribution in [0.4, 0.5) is 0 Å². The van der Waals surface area contributed by atoms with Crippen molar-refractivity contribution in [1.29, 1.82) is 0 Å². The van der Waals surface area contributed by atoms with Crippen LogP contribution >= 0.6 is 0 Å². The van der Waals surface area contributed by atoms with E-state index < -0.39 is 0 Å². The molecule has 2 atom stereocenters. The number of rotatable bonds is 2. The number of hydrogen-bond acceptors (Lipinski definition) is 2. The van der Waals surface area contributed by atoms with E-state index in [1.807, 2.05) is 12.1 Å². The lowest BCUT2D eigenvalue weighted by molar-refractivity contribution is 0.00492. The van der Waals surface area contributed by atoms with Gasteiger partial charge in [0, 0.05) is 0 Å². The van der Waals surface area contributed by atoms with Crippen LogP contribution in [-0.2, 0) is 5.41 Å². The Hall–Kier alpha value is -1.02. The van der Waals surface area contributed by atoms with E-state index in [0.717, 1.165) is 18.6 Å². The van der Waals surface area contributed by atoms with E-state index >= 15 is 0 Å². The van der Waals surface area contributed by atoms with Crippen molar-refractivity contribution >= 4 is 0 Å². The summed E-state index contributed by atoms with van der Waals surface area (Å²) in [5.74, 6) is 0.856. The van der Waals surface area contributed by atoms with Crippen molar-refractivity contribution in [3.8, 4) is 5.75 Å². The van der Waals surface area contributed by atoms with Crippen LogP contribution in [0.1, 0.15) is 53.0 Å². The van der Waals surface area contributed by atoms with Crippen LogP contribution < -0.4 is 4.74 Å². The molecule has 1 aliphatic carbocycles. The molecule has 19 heavy (non-hydrogen) atoms. The largest absolute Gasteiger partial charge is 0.488 e. The molecule has 0 saturated heterocycles. The molecule has 0 aliphatic heterocycles. The first kappa shape index (κ1) is 14.4. The Morgan fingerprint density at radius 3 is 2.16 bits per heavy atom. The molecule has 1 aromatic rings. The van der Waals surface area contributed by atoms with Crippen molar-refractivity contribution in [3.63, 3.8) is 0 Å². The van der Waals surface area contributed by atoms with Gasteiger partial charge < -0.3 is 9.84 Å². The molecule has 0 heterocycles. The van der Waals surface area contributed by atoms with Gasteiger partial charge in [-0.3, -0.25) is 0 Å². The standard InChI is InChI=1S/C17H26O2/c1-16(2,3)12-6-8-13(9-7-12)19-14-10-11-17(4,5)15(14)18/h6-9,14-15,18H,10-11H2,1-5H3. The molecule has 1 aromatic carbocycles. The van der Waals surface area contributed by atoms with Gasteiger partial charge in [0.15, 0.2) is 0 Å². The quantitative estimate of drug-likeness (QED) is 0.875. The van der Waals surface area contributed by atoms with Crippen LogP contribution in [0.15, 0.2) is 24.3 Å². The highest BCUT2D eigenvalue weighted by Gasteiger charge is 2.42. The lowest BCUT2D eigenvalue weighted by Crippen LogP contribution is -2.34. The van der Waals surface area contributed by atoms with Gasteiger partial charge in [0.25, 0.3) is 0 Å². The van der Waals surface area contributed by atoms with E-state index in [2.05, 4.69) is 46.8 Å². The molecule has 2 unspecified atom stereocenters. The minimum absolute atomic E-state index is 0.0317. The van der Waals surface area contributed by atoms with Crippen LogP contribution in [0.2, 0.25) is 0 Å². The summed E-state index contributed by atoms with van der Waals surface area (Å²) in [7, 11) is 0. The number of hydrogen-bond donors (Lipinski definition) is 1. The zero-order chi connectivity index (χ0) is 14.3. The first-order valence-corrected chi connectivity index (χ1v) is 7.15. The Labute approximate surface area is 116 Å². The lowest BCUT2D eigenvalue weighted by Gasteiger charge is -2.26. The monoisotopic (exact) mass is 262 g/mol. The molecule has 2 heteroatoms. The normalized spacial score (nSPS) is 26.4. The summed E-state index contributed by atoms with van der Waals surface area (Å²) in [5, 5.41) is 10.2. The Morgan fingerprint density at radius 2 is 1.74 bits per heavy atom. The number of ether oxygens (including phenoxy) is 1. The van der Waals surface area contributed by atoms with Gasteiger partial charge in [-0.2, -0.15) is 0 Å². The maximum Gasteiger partial charge on any atom is 0.125 e. The Kier molecular flexibility index (Phi) is 3.65. The number of benzene rings is 1. The van der Waals surface area contributed by atoms with E-state index in [1.54, 1.807) is 0 Å². The molecule has 0 radical (unpaired) electrons. The maximum absolute atomic E-state index is 10.2. The third-order valence-corrected chi connectivity index (χ3v) is 4.23. The molecule has 1 N–H and O–H groups in total. The third-order valence-electron chi connectivity index (χ3n) is 4.23. The molecule has 1 fully saturated rings. The summed E-state index contributed by atoms with van der Waals surface area (Å²) in [6.45, 7) is 10.8. The molecule has 106 valence electrons. The van der Waals surface area contributed by atoms with Crippen LogP contribution in [0.25, 0.3) is 0 Å². The molecular weight excluding hydrogens is 236 g/mol. The van der Waals surface area contributed by atoms with Crippen LogP contribution in [0, 0.1) is 5.41 Å². The highest BCUT2D eigenvalue weighted by atomic mass is 16.5. The SMILES string of the molecule is CC(C)(C)c1ccc(OC2CCC(C)(C)C2O)cc1. The predicted molar refractivity (Wildman–Crippen MR) is 78.6 cm³/mol. The van der Waals surface area contributed by atoms with Crippen molar-refractivity contribution in [1.82, 2.24) is 0 Å². The summed E-state index contributed by atoms with van der Waals surface area (Å²) in [6.07, 6.45) is 1.49. The summed E-state index contributed by atoms with van der Waals surface area (Å²) in [4.78, 5) is 0. The fourth-order valence-corrected chi connectivity index (χ4v) is 2.65. The van der Waals surface area contributed by atoms with Crippen LogP contribution in [0.3, 0.4) is 0 Å². The maximum atomic E-state index is 10.2. The summed E-state index contributed by atoms with van der Waals surface area (Å²) < 4.78 is 5.94. The van der Waals surface area contributed by atoms with Crippen molar-refractivity contribution < 1.29 is 9.84 Å². The molecule has 0 aromatic heterocycles. The molecule has 0 amide bonds. The van der Waals surface area contributed by atoms with Gasteiger partial charge in [0.1, 0.15) is 11.9 Å². The number of aliphatic hydroxyl groups is 1. The van der Waals surface area contributed by atoms with Crippen molar-refractivity contribution in [3.05, 3.63) is 29.8 Å². The van der Waals surface area contributed by atoms with Gasteiger partial charge in [0.2, 0.25) is 0 Å². The molecule has 1 aliphatic rings. The highest BCUT2D eigenvalue weighted by Crippen LogP contribution is 2.39. The average Bonchev–Trinajstić information content (AvgIpc) is 2.56. The first-order chi connectivity index (χ1) is 8.70. The fourth-order valence-electron chi connectivity index (χ4n) is 2.65. The topological polar surface area (TPSA) is 29.5 Å². The minimum atomic E-state index is -0.380. The van der Waals surface area contributed by atoms with Gasteiger partial charge in [-0.15, -0.1) is 0 Å². The van der Waals surface area contributed by atoms with E-state index in [9.17, 15) is 5.11 Å². The minimum Gasteiger partial charge on any atom is -0.488 e. The van der Waals surface area contributed by atoms with E-state index in [1.165, 1.54) is 5.56 Å². The van der Waals surface area contributed by atoms with Gasteiger partial charge in [-0.1, -0.05) is 46.8 Å². The first-order valence-electron chi connectivity index (χ1n) is 7.15. The van der Waals surface area contributed by atoms with Gasteiger partial charge >= 0.3 is 0 Å². The molecule has 1 saturated carbocycles. The summed E-state index contributed by atoms with van der Waals surface area (Å²) in [5.41, 5.74) is 1.43. The Morgan fingerprint density at radius 1 is 1.16 bits per heavy atom. The summed E-state index contributed by atoms with van der Waals surface area (Å²) >= 11 is 0. The van der Waals surface area contributed by atoms with Gasteiger partial charge in [-0.05, 0) is 41.4 Å². The second-order valence-corrected chi connectivity index (χ2v) is 7.40. The molecule has 2 nitrogen and oxygen atoms in total. The molecule has 0 bridgehead atoms. The van der Waals surface area contributed by atoms with E-state index in [4.69, 9.17) is 4.74 Å². The summed E-state index contributed by atoms with van der Waals surface area (Å²) in [6, 6.07) is 8.25. The van der Waals surface area contributed by atoms with Crippen LogP contribution in [0.5, 0.6) is 5.75 Å². The van der Waals surface area contributed by atoms with E-state index in [-0.39, 0.29) is 23.0 Å². The second kappa shape index (κ2) is 4.82. The smallest absolute Gasteiger partial charge is 0.125 e. The van der Waals surface area contributed by atoms with Crippen molar-refractivity contribution in [2.75, 3.05) is 0 Å². The third kappa shape index (κ3) is 3.11.